The number of aromatic hydroxyl groups is 1. The van der Waals surface area contributed by atoms with Gasteiger partial charge in [-0.1, -0.05) is 36.4 Å². The highest BCUT2D eigenvalue weighted by molar-refractivity contribution is 6.24. The van der Waals surface area contributed by atoms with Crippen LogP contribution in [0.2, 0.25) is 0 Å². The van der Waals surface area contributed by atoms with Crippen LogP contribution < -0.4 is 5.73 Å². The summed E-state index contributed by atoms with van der Waals surface area (Å²) < 4.78 is 0. The van der Waals surface area contributed by atoms with E-state index >= 15 is 0 Å². The zero-order chi connectivity index (χ0) is 28.7. The number of benzene rings is 2. The molecule has 3 aliphatic carbocycles. The number of aromatic nitrogens is 1. The maximum Gasteiger partial charge on any atom is 0.255 e. The van der Waals surface area contributed by atoms with E-state index in [4.69, 9.17) is 5.73 Å². The van der Waals surface area contributed by atoms with Crippen LogP contribution in [0.25, 0.3) is 16.7 Å². The minimum atomic E-state index is -2.71. The Morgan fingerprint density at radius 3 is 2.42 bits per heavy atom. The van der Waals surface area contributed by atoms with Gasteiger partial charge >= 0.3 is 0 Å². The van der Waals surface area contributed by atoms with Crippen LogP contribution >= 0.6 is 0 Å². The Kier molecular flexibility index (Phi) is 5.62. The molecular weight excluding hydrogens is 514 g/mol. The van der Waals surface area contributed by atoms with Crippen molar-refractivity contribution < 1.29 is 34.8 Å². The van der Waals surface area contributed by atoms with E-state index in [0.29, 0.717) is 10.9 Å². The zero-order valence-electron chi connectivity index (χ0n) is 21.7. The van der Waals surface area contributed by atoms with Gasteiger partial charge in [-0.3, -0.25) is 24.3 Å². The predicted octanol–water partition coefficient (Wildman–Crippen LogP) is 2.10. The number of rotatable bonds is 3. The van der Waals surface area contributed by atoms with Crippen molar-refractivity contribution in [1.29, 1.82) is 0 Å². The SMILES string of the molecule is CN(C)[C@@H]1C(=O)C(C(N)=O)=C(O)[C@@]2(O)C(=O)C3=C(O)c4c(cc5cccnc5c4O)[C@H](c4ccccc4)[C@H]3C[C@@H]12. The molecule has 10 heteroatoms. The number of ketones is 2. The van der Waals surface area contributed by atoms with E-state index in [0.717, 1.165) is 5.56 Å². The fourth-order valence-electron chi connectivity index (χ4n) is 6.95. The van der Waals surface area contributed by atoms with Crippen molar-refractivity contribution >= 4 is 34.1 Å². The van der Waals surface area contributed by atoms with Crippen LogP contribution in [-0.2, 0) is 14.4 Å². The molecule has 0 unspecified atom stereocenters. The van der Waals surface area contributed by atoms with Gasteiger partial charge in [-0.25, -0.2) is 0 Å². The third-order valence-corrected chi connectivity index (χ3v) is 8.59. The molecule has 0 aliphatic heterocycles. The van der Waals surface area contributed by atoms with Gasteiger partial charge in [0.2, 0.25) is 5.78 Å². The molecule has 2 aromatic carbocycles. The molecule has 1 saturated carbocycles. The molecule has 1 aromatic heterocycles. The Morgan fingerprint density at radius 2 is 1.77 bits per heavy atom. The molecule has 6 rings (SSSR count). The van der Waals surface area contributed by atoms with E-state index in [1.54, 1.807) is 26.2 Å². The summed E-state index contributed by atoms with van der Waals surface area (Å²) in [5, 5.41) is 46.6. The average Bonchev–Trinajstić information content (AvgIpc) is 2.91. The number of hydrogen-bond donors (Lipinski definition) is 5. The van der Waals surface area contributed by atoms with Crippen LogP contribution in [0, 0.1) is 11.8 Å². The van der Waals surface area contributed by atoms with Crippen molar-refractivity contribution in [2.75, 3.05) is 14.1 Å². The second kappa shape index (κ2) is 8.73. The van der Waals surface area contributed by atoms with Crippen molar-refractivity contribution in [3.8, 4) is 5.75 Å². The summed E-state index contributed by atoms with van der Waals surface area (Å²) in [5.41, 5.74) is 3.18. The average molecular weight is 542 g/mol. The number of carbonyl (C=O) groups excluding carboxylic acids is 3. The number of pyridine rings is 1. The van der Waals surface area contributed by atoms with Crippen LogP contribution in [0.5, 0.6) is 5.75 Å². The van der Waals surface area contributed by atoms with Crippen LogP contribution in [0.15, 0.2) is 71.6 Å². The summed E-state index contributed by atoms with van der Waals surface area (Å²) in [4.78, 5) is 45.7. The highest BCUT2D eigenvalue weighted by atomic mass is 16.3. The summed E-state index contributed by atoms with van der Waals surface area (Å²) in [5.74, 6) is -7.64. The maximum absolute atomic E-state index is 14.3. The van der Waals surface area contributed by atoms with E-state index in [9.17, 15) is 34.8 Å². The molecule has 5 atom stereocenters. The molecule has 0 spiro atoms. The van der Waals surface area contributed by atoms with Crippen LogP contribution in [0.4, 0.5) is 0 Å². The number of primary amides is 1. The van der Waals surface area contributed by atoms with Gasteiger partial charge in [0.25, 0.3) is 5.91 Å². The Bertz CT molecular complexity index is 1690. The lowest BCUT2D eigenvalue weighted by Gasteiger charge is -2.51. The van der Waals surface area contributed by atoms with Crippen molar-refractivity contribution in [1.82, 2.24) is 9.88 Å². The standard InChI is InChI=1S/C30H27N3O7/c1-33(2)23-17-12-16-18(13-7-4-3-5-8-13)15-11-14-9-6-10-32-22(14)25(35)19(15)24(34)20(16)27(37)30(17,40)28(38)21(26(23)36)29(31)39/h3-11,16-18,23,34-35,38,40H,12H2,1-2H3,(H2,31,39)/t16-,17+,18+,23+,30+/m1/s1. The molecule has 3 aromatic rings. The first-order valence-electron chi connectivity index (χ1n) is 12.8. The fraction of sp³-hybridized carbons (Fsp3) is 0.267. The molecule has 0 bridgehead atoms. The fourth-order valence-corrected chi connectivity index (χ4v) is 6.95. The lowest BCUT2D eigenvalue weighted by Crippen LogP contribution is -2.66. The Labute approximate surface area is 228 Å². The lowest BCUT2D eigenvalue weighted by molar-refractivity contribution is -0.154. The van der Waals surface area contributed by atoms with E-state index in [1.807, 2.05) is 36.4 Å². The minimum absolute atomic E-state index is 0.00339. The normalized spacial score (nSPS) is 28.0. The lowest BCUT2D eigenvalue weighted by atomic mass is 9.54. The molecule has 1 amide bonds. The zero-order valence-corrected chi connectivity index (χ0v) is 21.7. The van der Waals surface area contributed by atoms with Gasteiger partial charge < -0.3 is 26.2 Å². The highest BCUT2D eigenvalue weighted by Crippen LogP contribution is 2.58. The van der Waals surface area contributed by atoms with Crippen LogP contribution in [-0.4, -0.2) is 73.5 Å². The molecule has 204 valence electrons. The number of aliphatic hydroxyl groups is 3. The van der Waals surface area contributed by atoms with Crippen LogP contribution in [0.3, 0.4) is 0 Å². The molecule has 3 aliphatic rings. The third-order valence-electron chi connectivity index (χ3n) is 8.59. The van der Waals surface area contributed by atoms with E-state index in [1.165, 1.54) is 11.1 Å². The largest absolute Gasteiger partial charge is 0.508 e. The van der Waals surface area contributed by atoms with Crippen molar-refractivity contribution in [2.45, 2.75) is 24.0 Å². The second-order valence-corrected chi connectivity index (χ2v) is 10.8. The smallest absolute Gasteiger partial charge is 0.255 e. The summed E-state index contributed by atoms with van der Waals surface area (Å²) in [6.07, 6.45) is 1.48. The molecule has 6 N–H and O–H groups in total. The topological polar surface area (TPSA) is 174 Å². The number of hydrogen-bond acceptors (Lipinski definition) is 9. The first-order valence-corrected chi connectivity index (χ1v) is 12.8. The monoisotopic (exact) mass is 541 g/mol. The summed E-state index contributed by atoms with van der Waals surface area (Å²) >= 11 is 0. The number of nitrogens with two attached hydrogens (primary N) is 1. The van der Waals surface area contributed by atoms with Gasteiger partial charge in [0.05, 0.1) is 11.6 Å². The molecule has 1 fully saturated rings. The van der Waals surface area contributed by atoms with E-state index in [-0.39, 0.29) is 28.8 Å². The molecular formula is C30H27N3O7. The van der Waals surface area contributed by atoms with Crippen LogP contribution in [0.1, 0.15) is 29.0 Å². The number of Topliss-reactive ketones (excluding diaryl/α,β-unsaturated/α-hetero) is 2. The van der Waals surface area contributed by atoms with Gasteiger partial charge in [-0.15, -0.1) is 0 Å². The summed E-state index contributed by atoms with van der Waals surface area (Å²) in [6, 6.07) is 13.4. The van der Waals surface area contributed by atoms with Gasteiger partial charge in [0.15, 0.2) is 17.1 Å². The molecule has 0 radical (unpaired) electrons. The first-order chi connectivity index (χ1) is 19.0. The van der Waals surface area contributed by atoms with Gasteiger partial charge in [-0.05, 0) is 43.8 Å². The quantitative estimate of drug-likeness (QED) is 0.311. The highest BCUT2D eigenvalue weighted by Gasteiger charge is 2.65. The number of aliphatic hydroxyl groups excluding tert-OH is 2. The van der Waals surface area contributed by atoms with Gasteiger partial charge in [0, 0.05) is 34.9 Å². The number of phenolic OH excluding ortho intramolecular Hbond substituents is 1. The summed E-state index contributed by atoms with van der Waals surface area (Å²) in [7, 11) is 3.14. The number of fused-ring (bicyclic) bond motifs is 4. The minimum Gasteiger partial charge on any atom is -0.508 e. The summed E-state index contributed by atoms with van der Waals surface area (Å²) in [6.45, 7) is 0. The van der Waals surface area contributed by atoms with E-state index in [2.05, 4.69) is 4.98 Å². The van der Waals surface area contributed by atoms with Gasteiger partial charge in [-0.2, -0.15) is 0 Å². The van der Waals surface area contributed by atoms with Crippen molar-refractivity contribution in [2.24, 2.45) is 17.6 Å². The molecule has 1 heterocycles. The maximum atomic E-state index is 14.3. The first kappa shape index (κ1) is 25.7. The van der Waals surface area contributed by atoms with E-state index < -0.39 is 64.0 Å². The molecule has 40 heavy (non-hydrogen) atoms. The predicted molar refractivity (Wildman–Crippen MR) is 144 cm³/mol. The molecule has 10 nitrogen and oxygen atoms in total. The number of carbonyl (C=O) groups is 3. The van der Waals surface area contributed by atoms with Gasteiger partial charge in [0.1, 0.15) is 22.6 Å². The third kappa shape index (κ3) is 3.23. The van der Waals surface area contributed by atoms with Crippen molar-refractivity contribution in [3.05, 3.63) is 88.3 Å². The Hall–Kier alpha value is -4.54. The number of nitrogens with zero attached hydrogens (tertiary/aromatic N) is 2. The Balaban J connectivity index is 1.69. The van der Waals surface area contributed by atoms with Crippen molar-refractivity contribution in [3.63, 3.8) is 0 Å². The molecule has 0 saturated heterocycles. The number of phenols is 1. The second-order valence-electron chi connectivity index (χ2n) is 10.8. The number of amides is 1. The Morgan fingerprint density at radius 1 is 1.07 bits per heavy atom. The number of likely N-dealkylation sites (N-methyl/N-ethyl adjacent to an activating group) is 1.